The third-order valence-corrected chi connectivity index (χ3v) is 2.55. The lowest BCUT2D eigenvalue weighted by Crippen LogP contribution is -2.29. The number of Topliss-reactive ketones (excluding diaryl/α,β-unsaturated/α-hetero) is 1. The van der Waals surface area contributed by atoms with Gasteiger partial charge in [-0.1, -0.05) is 0 Å². The molecule has 96 valence electrons. The zero-order valence-corrected chi connectivity index (χ0v) is 10.3. The average Bonchev–Trinajstić information content (AvgIpc) is 2.75. The van der Waals surface area contributed by atoms with E-state index in [4.69, 9.17) is 5.11 Å². The van der Waals surface area contributed by atoms with Crippen molar-refractivity contribution in [3.05, 3.63) is 11.6 Å². The van der Waals surface area contributed by atoms with Crippen molar-refractivity contribution in [1.29, 1.82) is 0 Å². The number of amides is 1. The molecule has 1 amide bonds. The molecule has 0 aliphatic rings. The molecule has 7 nitrogen and oxygen atoms in total. The summed E-state index contributed by atoms with van der Waals surface area (Å²) in [7, 11) is 0. The number of nitrogens with zero attached hydrogens (tertiary/aromatic N) is 2. The number of thiazole rings is 1. The number of carboxylic acids is 1. The number of hydrogen-bond donors (Lipinski definition) is 2. The molecular formula is C10H11N3O4S. The minimum atomic E-state index is -1.13. The van der Waals surface area contributed by atoms with E-state index in [2.05, 4.69) is 15.3 Å². The lowest BCUT2D eigenvalue weighted by Gasteiger charge is -2.07. The minimum Gasteiger partial charge on any atom is -0.480 e. The molecule has 0 saturated carbocycles. The van der Waals surface area contributed by atoms with Gasteiger partial charge in [0.15, 0.2) is 5.13 Å². The Hall–Kier alpha value is -2.09. The first-order valence-corrected chi connectivity index (χ1v) is 5.81. The first-order chi connectivity index (χ1) is 8.50. The number of rotatable bonds is 6. The number of hydrogen-bond acceptors (Lipinski definition) is 6. The van der Waals surface area contributed by atoms with Crippen LogP contribution in [0, 0.1) is 5.92 Å². The van der Waals surface area contributed by atoms with E-state index in [1.54, 1.807) is 5.38 Å². The van der Waals surface area contributed by atoms with E-state index in [1.165, 1.54) is 24.5 Å². The summed E-state index contributed by atoms with van der Waals surface area (Å²) >= 11 is 1.22. The van der Waals surface area contributed by atoms with Gasteiger partial charge in [-0.25, -0.2) is 4.98 Å². The van der Waals surface area contributed by atoms with Gasteiger partial charge in [-0.15, -0.1) is 11.3 Å². The van der Waals surface area contributed by atoms with Crippen LogP contribution in [-0.4, -0.2) is 40.5 Å². The van der Waals surface area contributed by atoms with Crippen LogP contribution in [0.1, 0.15) is 6.92 Å². The summed E-state index contributed by atoms with van der Waals surface area (Å²) in [5.41, 5.74) is 0. The van der Waals surface area contributed by atoms with Gasteiger partial charge in [0.05, 0.1) is 0 Å². The van der Waals surface area contributed by atoms with E-state index >= 15 is 0 Å². The Morgan fingerprint density at radius 3 is 2.83 bits per heavy atom. The molecule has 0 bridgehead atoms. The maximum atomic E-state index is 11.7. The van der Waals surface area contributed by atoms with Crippen molar-refractivity contribution < 1.29 is 19.5 Å². The molecule has 8 heteroatoms. The van der Waals surface area contributed by atoms with Crippen LogP contribution in [0.15, 0.2) is 16.6 Å². The first-order valence-electron chi connectivity index (χ1n) is 4.93. The topological polar surface area (TPSA) is 109 Å². The maximum absolute atomic E-state index is 11.7. The predicted octanol–water partition coefficient (Wildman–Crippen LogP) is 0.442. The monoisotopic (exact) mass is 269 g/mol. The Labute approximate surface area is 107 Å². The highest BCUT2D eigenvalue weighted by Gasteiger charge is 2.21. The average molecular weight is 269 g/mol. The number of nitrogens with one attached hydrogen (secondary N) is 1. The lowest BCUT2D eigenvalue weighted by atomic mass is 10.1. The fourth-order valence-electron chi connectivity index (χ4n) is 1.06. The van der Waals surface area contributed by atoms with Gasteiger partial charge in [-0.2, -0.15) is 0 Å². The largest absolute Gasteiger partial charge is 0.480 e. The third kappa shape index (κ3) is 4.42. The zero-order valence-electron chi connectivity index (χ0n) is 9.49. The molecule has 0 aromatic carbocycles. The predicted molar refractivity (Wildman–Crippen MR) is 65.9 cm³/mol. The molecule has 0 fully saturated rings. The van der Waals surface area contributed by atoms with Gasteiger partial charge in [-0.3, -0.25) is 19.4 Å². The van der Waals surface area contributed by atoms with Crippen LogP contribution in [0.5, 0.6) is 0 Å². The van der Waals surface area contributed by atoms with Crippen molar-refractivity contribution in [2.45, 2.75) is 6.92 Å². The first kappa shape index (κ1) is 14.0. The highest BCUT2D eigenvalue weighted by Crippen LogP contribution is 2.11. The number of carbonyl (C=O) groups excluding carboxylic acids is 2. The molecule has 0 saturated heterocycles. The Balaban J connectivity index is 2.66. The normalized spacial score (nSPS) is 12.3. The number of aliphatic carboxylic acids is 1. The number of anilines is 1. The Morgan fingerprint density at radius 1 is 1.61 bits per heavy atom. The quantitative estimate of drug-likeness (QED) is 0.575. The van der Waals surface area contributed by atoms with E-state index in [0.29, 0.717) is 5.13 Å². The van der Waals surface area contributed by atoms with Crippen molar-refractivity contribution >= 4 is 40.3 Å². The molecule has 1 aromatic rings. The van der Waals surface area contributed by atoms with Crippen molar-refractivity contribution in [3.8, 4) is 0 Å². The van der Waals surface area contributed by atoms with Crippen LogP contribution < -0.4 is 5.32 Å². The van der Waals surface area contributed by atoms with Gasteiger partial charge in [-0.05, 0) is 6.92 Å². The number of ketones is 1. The molecule has 0 unspecified atom stereocenters. The van der Waals surface area contributed by atoms with E-state index in [9.17, 15) is 14.4 Å². The Morgan fingerprint density at radius 2 is 2.33 bits per heavy atom. The van der Waals surface area contributed by atoms with Crippen molar-refractivity contribution in [2.75, 3.05) is 11.9 Å². The standard InChI is InChI=1S/C10H11N3O4S/c1-6(14)7(4-11-5-8(15)16)9(17)13-10-12-2-3-18-10/h2-4,7H,5H2,1H3,(H,15,16)(H,12,13,17)/t7-/m1/s1. The second kappa shape index (κ2) is 6.60. The molecule has 18 heavy (non-hydrogen) atoms. The molecule has 0 spiro atoms. The van der Waals surface area contributed by atoms with E-state index < -0.39 is 30.1 Å². The van der Waals surface area contributed by atoms with Gasteiger partial charge in [0.2, 0.25) is 5.91 Å². The summed E-state index contributed by atoms with van der Waals surface area (Å²) in [6.45, 7) is 0.757. The summed E-state index contributed by atoms with van der Waals surface area (Å²) < 4.78 is 0. The highest BCUT2D eigenvalue weighted by atomic mass is 32.1. The van der Waals surface area contributed by atoms with Crippen LogP contribution in [0.2, 0.25) is 0 Å². The number of aliphatic imine (C=N–C) groups is 1. The van der Waals surface area contributed by atoms with Crippen LogP contribution in [-0.2, 0) is 14.4 Å². The smallest absolute Gasteiger partial charge is 0.325 e. The van der Waals surface area contributed by atoms with Gasteiger partial charge < -0.3 is 10.4 Å². The molecule has 1 heterocycles. The van der Waals surface area contributed by atoms with E-state index in [1.807, 2.05) is 0 Å². The molecule has 1 aromatic heterocycles. The fourth-order valence-corrected chi connectivity index (χ4v) is 1.59. The summed E-state index contributed by atoms with van der Waals surface area (Å²) in [6.07, 6.45) is 2.56. The molecule has 0 aliphatic heterocycles. The summed E-state index contributed by atoms with van der Waals surface area (Å²) in [5.74, 6) is -3.23. The van der Waals surface area contributed by atoms with Crippen LogP contribution in [0.25, 0.3) is 0 Å². The summed E-state index contributed by atoms with van der Waals surface area (Å²) in [6, 6.07) is 0. The van der Waals surface area contributed by atoms with E-state index in [0.717, 1.165) is 6.21 Å². The lowest BCUT2D eigenvalue weighted by molar-refractivity contribution is -0.135. The number of aromatic nitrogens is 1. The summed E-state index contributed by atoms with van der Waals surface area (Å²) in [4.78, 5) is 40.6. The molecular weight excluding hydrogens is 258 g/mol. The van der Waals surface area contributed by atoms with Gasteiger partial charge in [0, 0.05) is 17.8 Å². The molecule has 1 rings (SSSR count). The van der Waals surface area contributed by atoms with Crippen LogP contribution in [0.3, 0.4) is 0 Å². The SMILES string of the molecule is CC(=O)[C@@H](C=NCC(=O)O)C(=O)Nc1nccs1. The Bertz CT molecular complexity index is 469. The Kier molecular flexibility index (Phi) is 5.12. The van der Waals surface area contributed by atoms with Gasteiger partial charge >= 0.3 is 5.97 Å². The van der Waals surface area contributed by atoms with Gasteiger partial charge in [0.25, 0.3) is 0 Å². The number of carbonyl (C=O) groups is 3. The molecule has 1 atom stereocenters. The van der Waals surface area contributed by atoms with Crippen LogP contribution >= 0.6 is 11.3 Å². The molecule has 0 radical (unpaired) electrons. The minimum absolute atomic E-state index is 0.373. The summed E-state index contributed by atoms with van der Waals surface area (Å²) in [5, 5.41) is 12.9. The zero-order chi connectivity index (χ0) is 13.5. The second-order valence-electron chi connectivity index (χ2n) is 3.30. The van der Waals surface area contributed by atoms with Crippen LogP contribution in [0.4, 0.5) is 5.13 Å². The number of carboxylic acid groups (broad SMARTS) is 1. The second-order valence-corrected chi connectivity index (χ2v) is 4.19. The third-order valence-electron chi connectivity index (χ3n) is 1.86. The fraction of sp³-hybridized carbons (Fsp3) is 0.300. The highest BCUT2D eigenvalue weighted by molar-refractivity contribution is 7.13. The van der Waals surface area contributed by atoms with Crippen molar-refractivity contribution in [2.24, 2.45) is 10.9 Å². The van der Waals surface area contributed by atoms with Crippen molar-refractivity contribution in [1.82, 2.24) is 4.98 Å². The van der Waals surface area contributed by atoms with Gasteiger partial charge in [0.1, 0.15) is 18.2 Å². The maximum Gasteiger partial charge on any atom is 0.325 e. The molecule has 0 aliphatic carbocycles. The van der Waals surface area contributed by atoms with Crippen molar-refractivity contribution in [3.63, 3.8) is 0 Å². The van der Waals surface area contributed by atoms with E-state index in [-0.39, 0.29) is 0 Å². The molecule has 2 N–H and O–H groups in total.